The van der Waals surface area contributed by atoms with E-state index >= 15 is 0 Å². The Kier molecular flexibility index (Phi) is 3.77. The molecular formula is C11H12N2O3. The standard InChI is InChI=1S/C11H12N2O3/c1-7(8(2)14)12-13-10-6-4-3-5-9(10)11(15)16/h3-6,13H,1-2H3,(H,15,16). The van der Waals surface area contributed by atoms with Crippen LogP contribution >= 0.6 is 0 Å². The Morgan fingerprint density at radius 3 is 2.44 bits per heavy atom. The van der Waals surface area contributed by atoms with E-state index < -0.39 is 5.97 Å². The first-order valence-corrected chi connectivity index (χ1v) is 4.66. The molecule has 0 spiro atoms. The van der Waals surface area contributed by atoms with Crippen LogP contribution in [0.15, 0.2) is 29.4 Å². The maximum Gasteiger partial charge on any atom is 0.337 e. The number of nitrogens with one attached hydrogen (secondary N) is 1. The van der Waals surface area contributed by atoms with Crippen LogP contribution in [-0.4, -0.2) is 22.6 Å². The van der Waals surface area contributed by atoms with E-state index in [-0.39, 0.29) is 11.3 Å². The number of para-hydroxylation sites is 1. The molecule has 0 atom stereocenters. The van der Waals surface area contributed by atoms with Gasteiger partial charge in [0.25, 0.3) is 0 Å². The number of anilines is 1. The fourth-order valence-electron chi connectivity index (χ4n) is 0.990. The summed E-state index contributed by atoms with van der Waals surface area (Å²) in [5.41, 5.74) is 3.32. The van der Waals surface area contributed by atoms with Gasteiger partial charge in [-0.3, -0.25) is 10.2 Å². The van der Waals surface area contributed by atoms with Crippen LogP contribution in [0.4, 0.5) is 5.69 Å². The molecule has 0 unspecified atom stereocenters. The Labute approximate surface area is 92.8 Å². The number of carbonyl (C=O) groups excluding carboxylic acids is 1. The fraction of sp³-hybridized carbons (Fsp3) is 0.182. The van der Waals surface area contributed by atoms with E-state index in [2.05, 4.69) is 10.5 Å². The largest absolute Gasteiger partial charge is 0.478 e. The number of carboxylic acids is 1. The summed E-state index contributed by atoms with van der Waals surface area (Å²) in [6, 6.07) is 6.35. The van der Waals surface area contributed by atoms with Crippen LogP contribution < -0.4 is 5.43 Å². The first-order valence-electron chi connectivity index (χ1n) is 4.66. The zero-order chi connectivity index (χ0) is 12.1. The van der Waals surface area contributed by atoms with Gasteiger partial charge in [0.1, 0.15) is 5.71 Å². The van der Waals surface area contributed by atoms with Crippen molar-refractivity contribution < 1.29 is 14.7 Å². The van der Waals surface area contributed by atoms with Crippen LogP contribution in [0.1, 0.15) is 24.2 Å². The fourth-order valence-corrected chi connectivity index (χ4v) is 0.990. The van der Waals surface area contributed by atoms with Gasteiger partial charge in [-0.05, 0) is 19.1 Å². The summed E-state index contributed by atoms with van der Waals surface area (Å²) < 4.78 is 0. The van der Waals surface area contributed by atoms with Crippen LogP contribution in [-0.2, 0) is 4.79 Å². The highest BCUT2D eigenvalue weighted by atomic mass is 16.4. The van der Waals surface area contributed by atoms with E-state index in [1.54, 1.807) is 25.1 Å². The Morgan fingerprint density at radius 1 is 1.25 bits per heavy atom. The molecule has 0 amide bonds. The van der Waals surface area contributed by atoms with Crippen LogP contribution in [0, 0.1) is 0 Å². The summed E-state index contributed by atoms with van der Waals surface area (Å²) in [5, 5.41) is 12.7. The molecule has 16 heavy (non-hydrogen) atoms. The van der Waals surface area contributed by atoms with Gasteiger partial charge in [-0.2, -0.15) is 5.10 Å². The van der Waals surface area contributed by atoms with Crippen molar-refractivity contribution in [2.45, 2.75) is 13.8 Å². The first kappa shape index (κ1) is 11.9. The average Bonchev–Trinajstić information content (AvgIpc) is 2.25. The number of benzene rings is 1. The molecule has 84 valence electrons. The van der Waals surface area contributed by atoms with Gasteiger partial charge in [0.15, 0.2) is 5.78 Å². The van der Waals surface area contributed by atoms with Gasteiger partial charge in [-0.15, -0.1) is 0 Å². The molecule has 0 radical (unpaired) electrons. The van der Waals surface area contributed by atoms with E-state index in [9.17, 15) is 9.59 Å². The molecule has 1 aromatic rings. The van der Waals surface area contributed by atoms with Gasteiger partial charge < -0.3 is 5.11 Å². The molecule has 1 rings (SSSR count). The van der Waals surface area contributed by atoms with E-state index in [0.717, 1.165) is 0 Å². The molecule has 0 heterocycles. The molecule has 0 saturated carbocycles. The van der Waals surface area contributed by atoms with E-state index in [1.807, 2.05) is 0 Å². The van der Waals surface area contributed by atoms with Crippen LogP contribution in [0.25, 0.3) is 0 Å². The molecule has 0 fully saturated rings. The zero-order valence-corrected chi connectivity index (χ0v) is 9.02. The summed E-state index contributed by atoms with van der Waals surface area (Å²) in [6.07, 6.45) is 0. The van der Waals surface area contributed by atoms with Gasteiger partial charge in [0.2, 0.25) is 0 Å². The maximum atomic E-state index is 10.9. The topological polar surface area (TPSA) is 78.8 Å². The van der Waals surface area contributed by atoms with Crippen molar-refractivity contribution >= 4 is 23.2 Å². The smallest absolute Gasteiger partial charge is 0.337 e. The lowest BCUT2D eigenvalue weighted by molar-refractivity contribution is -0.111. The van der Waals surface area contributed by atoms with Gasteiger partial charge in [-0.25, -0.2) is 4.79 Å². The maximum absolute atomic E-state index is 10.9. The van der Waals surface area contributed by atoms with Crippen molar-refractivity contribution in [3.63, 3.8) is 0 Å². The molecule has 0 aromatic heterocycles. The Morgan fingerprint density at radius 2 is 1.88 bits per heavy atom. The second-order valence-electron chi connectivity index (χ2n) is 3.22. The van der Waals surface area contributed by atoms with Crippen molar-refractivity contribution in [1.82, 2.24) is 0 Å². The molecule has 0 saturated heterocycles. The molecule has 5 nitrogen and oxygen atoms in total. The highest BCUT2D eigenvalue weighted by molar-refractivity contribution is 6.38. The zero-order valence-electron chi connectivity index (χ0n) is 9.02. The van der Waals surface area contributed by atoms with Crippen LogP contribution in [0.2, 0.25) is 0 Å². The number of ketones is 1. The number of aromatic carboxylic acids is 1. The summed E-state index contributed by atoms with van der Waals surface area (Å²) >= 11 is 0. The number of rotatable bonds is 4. The van der Waals surface area contributed by atoms with Gasteiger partial charge in [-0.1, -0.05) is 12.1 Å². The highest BCUT2D eigenvalue weighted by Crippen LogP contribution is 2.14. The molecule has 0 aliphatic heterocycles. The number of hydrogen-bond acceptors (Lipinski definition) is 4. The van der Waals surface area contributed by atoms with E-state index in [4.69, 9.17) is 5.11 Å². The summed E-state index contributed by atoms with van der Waals surface area (Å²) in [5.74, 6) is -1.21. The van der Waals surface area contributed by atoms with Crippen LogP contribution in [0.5, 0.6) is 0 Å². The van der Waals surface area contributed by atoms with Crippen molar-refractivity contribution in [2.75, 3.05) is 5.43 Å². The Balaban J connectivity index is 2.94. The minimum Gasteiger partial charge on any atom is -0.478 e. The third-order valence-electron chi connectivity index (χ3n) is 2.01. The molecule has 0 aliphatic rings. The summed E-state index contributed by atoms with van der Waals surface area (Å²) in [6.45, 7) is 2.95. The third kappa shape index (κ3) is 2.91. The minimum atomic E-state index is -1.04. The number of nitrogens with zero attached hydrogens (tertiary/aromatic N) is 1. The Bertz CT molecular complexity index is 452. The molecular weight excluding hydrogens is 208 g/mol. The summed E-state index contributed by atoms with van der Waals surface area (Å²) in [7, 11) is 0. The van der Waals surface area contributed by atoms with Gasteiger partial charge in [0, 0.05) is 6.92 Å². The number of hydrogen-bond donors (Lipinski definition) is 2. The lowest BCUT2D eigenvalue weighted by Crippen LogP contribution is -2.09. The predicted molar refractivity (Wildman–Crippen MR) is 60.8 cm³/mol. The second kappa shape index (κ2) is 5.06. The normalized spacial score (nSPS) is 11.0. The van der Waals surface area contributed by atoms with E-state index in [0.29, 0.717) is 11.4 Å². The second-order valence-corrected chi connectivity index (χ2v) is 3.22. The molecule has 5 heteroatoms. The minimum absolute atomic E-state index is 0.114. The first-order chi connectivity index (χ1) is 7.52. The number of Topliss-reactive ketones (excluding diaryl/α,β-unsaturated/α-hetero) is 1. The lowest BCUT2D eigenvalue weighted by atomic mass is 10.2. The monoisotopic (exact) mass is 220 g/mol. The lowest BCUT2D eigenvalue weighted by Gasteiger charge is -2.04. The molecule has 1 aromatic carbocycles. The van der Waals surface area contributed by atoms with Crippen molar-refractivity contribution in [3.8, 4) is 0 Å². The summed E-state index contributed by atoms with van der Waals surface area (Å²) in [4.78, 5) is 21.7. The number of carbonyl (C=O) groups is 2. The number of hydrazone groups is 1. The third-order valence-corrected chi connectivity index (χ3v) is 2.01. The SMILES string of the molecule is CC(=O)C(C)=NNc1ccccc1C(=O)O. The predicted octanol–water partition coefficient (Wildman–Crippen LogP) is 1.76. The molecule has 2 N–H and O–H groups in total. The highest BCUT2D eigenvalue weighted by Gasteiger charge is 2.08. The van der Waals surface area contributed by atoms with Gasteiger partial charge >= 0.3 is 5.97 Å². The van der Waals surface area contributed by atoms with Gasteiger partial charge in [0.05, 0.1) is 11.3 Å². The van der Waals surface area contributed by atoms with Crippen molar-refractivity contribution in [1.29, 1.82) is 0 Å². The van der Waals surface area contributed by atoms with Crippen molar-refractivity contribution in [3.05, 3.63) is 29.8 Å². The molecule has 0 aliphatic carbocycles. The van der Waals surface area contributed by atoms with E-state index in [1.165, 1.54) is 13.0 Å². The van der Waals surface area contributed by atoms with Crippen LogP contribution in [0.3, 0.4) is 0 Å². The van der Waals surface area contributed by atoms with Crippen molar-refractivity contribution in [2.24, 2.45) is 5.10 Å². The molecule has 0 bridgehead atoms. The number of carboxylic acid groups (broad SMARTS) is 1. The Hall–Kier alpha value is -2.17. The average molecular weight is 220 g/mol. The quantitative estimate of drug-likeness (QED) is 0.598.